The third-order valence-corrected chi connectivity index (χ3v) is 4.18. The summed E-state index contributed by atoms with van der Waals surface area (Å²) >= 11 is 0. The molecule has 1 fully saturated rings. The van der Waals surface area contributed by atoms with Gasteiger partial charge in [0.25, 0.3) is 0 Å². The van der Waals surface area contributed by atoms with Gasteiger partial charge in [0.15, 0.2) is 9.84 Å². The Morgan fingerprint density at radius 2 is 1.89 bits per heavy atom. The van der Waals surface area contributed by atoms with Gasteiger partial charge in [-0.05, 0) is 0 Å². The van der Waals surface area contributed by atoms with Crippen LogP contribution >= 0.6 is 0 Å². The van der Waals surface area contributed by atoms with Crippen LogP contribution in [-0.2, 0) is 14.6 Å². The first kappa shape index (κ1) is 15.2. The van der Waals surface area contributed by atoms with Crippen LogP contribution in [0.4, 0.5) is 13.2 Å². The minimum atomic E-state index is -4.67. The first-order valence-electron chi connectivity index (χ1n) is 4.91. The number of alkyl halides is 3. The number of carboxylic acid groups (broad SMARTS) is 1. The van der Waals surface area contributed by atoms with Gasteiger partial charge in [0.05, 0.1) is 36.7 Å². The molecule has 0 bridgehead atoms. The second-order valence-corrected chi connectivity index (χ2v) is 6.28. The Kier molecular flexibility index (Phi) is 4.23. The molecule has 0 amide bonds. The Bertz CT molecular complexity index is 421. The highest BCUT2D eigenvalue weighted by atomic mass is 32.2. The minimum Gasteiger partial charge on any atom is -0.480 e. The van der Waals surface area contributed by atoms with E-state index in [9.17, 15) is 31.5 Å². The molecule has 106 valence electrons. The lowest BCUT2D eigenvalue weighted by Crippen LogP contribution is -2.49. The fourth-order valence-electron chi connectivity index (χ4n) is 1.85. The number of rotatable bonds is 4. The maximum Gasteiger partial charge on any atom is 0.401 e. The molecule has 0 saturated carbocycles. The average molecular weight is 291 g/mol. The molecule has 1 aliphatic heterocycles. The lowest BCUT2D eigenvalue weighted by Gasteiger charge is -2.29. The van der Waals surface area contributed by atoms with Crippen molar-refractivity contribution in [3.05, 3.63) is 0 Å². The van der Waals surface area contributed by atoms with Crippen LogP contribution in [0.15, 0.2) is 0 Å². The maximum atomic E-state index is 12.3. The summed E-state index contributed by atoms with van der Waals surface area (Å²) in [5, 5.41) is 17.9. The average Bonchev–Trinajstić information content (AvgIpc) is 2.35. The Balaban J connectivity index is 2.86. The summed E-state index contributed by atoms with van der Waals surface area (Å²) in [5.41, 5.74) is 0. The number of aliphatic hydroxyl groups is 1. The van der Waals surface area contributed by atoms with Crippen LogP contribution in [0.1, 0.15) is 0 Å². The number of hydrogen-bond acceptors (Lipinski definition) is 5. The van der Waals surface area contributed by atoms with Crippen LogP contribution in [0.5, 0.6) is 0 Å². The molecule has 0 aromatic heterocycles. The number of carboxylic acids is 1. The van der Waals surface area contributed by atoms with Crippen molar-refractivity contribution < 1.29 is 36.6 Å². The summed E-state index contributed by atoms with van der Waals surface area (Å²) in [6.45, 7) is -2.55. The highest BCUT2D eigenvalue weighted by molar-refractivity contribution is 7.91. The van der Waals surface area contributed by atoms with Gasteiger partial charge in [-0.2, -0.15) is 13.2 Å². The predicted molar refractivity (Wildman–Crippen MR) is 53.7 cm³/mol. The quantitative estimate of drug-likeness (QED) is 0.696. The van der Waals surface area contributed by atoms with E-state index in [1.165, 1.54) is 0 Å². The van der Waals surface area contributed by atoms with Gasteiger partial charge in [-0.1, -0.05) is 0 Å². The number of aliphatic carboxylic acids is 1. The molecule has 1 rings (SSSR count). The van der Waals surface area contributed by atoms with Gasteiger partial charge >= 0.3 is 12.1 Å². The SMILES string of the molecule is O=C(O)CN(CC(F)(F)F)C1CS(=O)(=O)CC1O. The molecule has 1 aliphatic rings. The van der Waals surface area contributed by atoms with Crippen molar-refractivity contribution in [2.75, 3.05) is 24.6 Å². The third kappa shape index (κ3) is 4.42. The fourth-order valence-corrected chi connectivity index (χ4v) is 3.69. The Morgan fingerprint density at radius 1 is 1.33 bits per heavy atom. The smallest absolute Gasteiger partial charge is 0.401 e. The van der Waals surface area contributed by atoms with Crippen molar-refractivity contribution in [1.82, 2.24) is 4.90 Å². The molecular formula is C8H12F3NO5S. The van der Waals surface area contributed by atoms with Gasteiger partial charge in [0.2, 0.25) is 0 Å². The zero-order chi connectivity index (χ0) is 14.1. The number of halogens is 3. The lowest BCUT2D eigenvalue weighted by atomic mass is 10.2. The molecule has 1 saturated heterocycles. The van der Waals surface area contributed by atoms with Crippen LogP contribution in [0.3, 0.4) is 0 Å². The third-order valence-electron chi connectivity index (χ3n) is 2.48. The van der Waals surface area contributed by atoms with Gasteiger partial charge in [0.1, 0.15) is 0 Å². The molecule has 0 aromatic rings. The van der Waals surface area contributed by atoms with E-state index >= 15 is 0 Å². The van der Waals surface area contributed by atoms with Gasteiger partial charge < -0.3 is 10.2 Å². The molecule has 2 N–H and O–H groups in total. The van der Waals surface area contributed by atoms with Crippen LogP contribution in [0, 0.1) is 0 Å². The topological polar surface area (TPSA) is 94.9 Å². The first-order valence-corrected chi connectivity index (χ1v) is 6.73. The van der Waals surface area contributed by atoms with Gasteiger partial charge in [-0.25, -0.2) is 8.42 Å². The van der Waals surface area contributed by atoms with Crippen molar-refractivity contribution in [2.45, 2.75) is 18.3 Å². The van der Waals surface area contributed by atoms with Gasteiger partial charge in [0, 0.05) is 0 Å². The maximum absolute atomic E-state index is 12.3. The largest absolute Gasteiger partial charge is 0.480 e. The highest BCUT2D eigenvalue weighted by Gasteiger charge is 2.44. The van der Waals surface area contributed by atoms with Crippen molar-refractivity contribution in [3.63, 3.8) is 0 Å². The molecule has 10 heteroatoms. The fraction of sp³-hybridized carbons (Fsp3) is 0.875. The van der Waals surface area contributed by atoms with Crippen molar-refractivity contribution >= 4 is 15.8 Å². The summed E-state index contributed by atoms with van der Waals surface area (Å²) in [5.74, 6) is -2.83. The number of carbonyl (C=O) groups is 1. The lowest BCUT2D eigenvalue weighted by molar-refractivity contribution is -0.160. The van der Waals surface area contributed by atoms with Crippen molar-refractivity contribution in [2.24, 2.45) is 0 Å². The molecule has 18 heavy (non-hydrogen) atoms. The summed E-state index contributed by atoms with van der Waals surface area (Å²) in [6.07, 6.45) is -6.17. The molecule has 1 heterocycles. The number of hydrogen-bond donors (Lipinski definition) is 2. The van der Waals surface area contributed by atoms with E-state index in [0.29, 0.717) is 4.90 Å². The zero-order valence-electron chi connectivity index (χ0n) is 9.09. The number of nitrogens with zero attached hydrogens (tertiary/aromatic N) is 1. The van der Waals surface area contributed by atoms with E-state index in [0.717, 1.165) is 0 Å². The first-order chi connectivity index (χ1) is 8.00. The van der Waals surface area contributed by atoms with E-state index in [2.05, 4.69) is 0 Å². The predicted octanol–water partition coefficient (Wildman–Crippen LogP) is -0.907. The summed E-state index contributed by atoms with van der Waals surface area (Å²) in [7, 11) is -3.63. The molecule has 0 aliphatic carbocycles. The minimum absolute atomic E-state index is 0.428. The van der Waals surface area contributed by atoms with Crippen molar-refractivity contribution in [1.29, 1.82) is 0 Å². The second kappa shape index (κ2) is 5.02. The highest BCUT2D eigenvalue weighted by Crippen LogP contribution is 2.23. The number of aliphatic hydroxyl groups excluding tert-OH is 1. The second-order valence-electron chi connectivity index (χ2n) is 4.13. The van der Waals surface area contributed by atoms with Crippen molar-refractivity contribution in [3.8, 4) is 0 Å². The molecule has 0 aromatic carbocycles. The Morgan fingerprint density at radius 3 is 2.22 bits per heavy atom. The Hall–Kier alpha value is -0.870. The summed E-state index contributed by atoms with van der Waals surface area (Å²) < 4.78 is 59.2. The van der Waals surface area contributed by atoms with E-state index in [1.807, 2.05) is 0 Å². The normalized spacial score (nSPS) is 27.6. The van der Waals surface area contributed by atoms with Crippen LogP contribution in [-0.4, -0.2) is 72.4 Å². The van der Waals surface area contributed by atoms with Crippen LogP contribution in [0.25, 0.3) is 0 Å². The van der Waals surface area contributed by atoms with E-state index in [4.69, 9.17) is 5.11 Å². The van der Waals surface area contributed by atoms with E-state index in [-0.39, 0.29) is 0 Å². The molecule has 6 nitrogen and oxygen atoms in total. The van der Waals surface area contributed by atoms with E-state index in [1.54, 1.807) is 0 Å². The molecule has 2 atom stereocenters. The standard InChI is InChI=1S/C8H12F3NO5S/c9-8(10,11)4-12(1-7(14)15)5-2-18(16,17)3-6(5)13/h5-6,13H,1-4H2,(H,14,15). The zero-order valence-corrected chi connectivity index (χ0v) is 9.91. The summed E-state index contributed by atoms with van der Waals surface area (Å²) in [6, 6.07) is -1.34. The Labute approximate surface area is 101 Å². The van der Waals surface area contributed by atoms with Gasteiger partial charge in [-0.15, -0.1) is 0 Å². The number of sulfone groups is 1. The van der Waals surface area contributed by atoms with Gasteiger partial charge in [-0.3, -0.25) is 9.69 Å². The molecule has 0 radical (unpaired) electrons. The molecular weight excluding hydrogens is 279 g/mol. The molecule has 0 spiro atoms. The van der Waals surface area contributed by atoms with E-state index < -0.39 is 58.7 Å². The molecule has 2 unspecified atom stereocenters. The monoisotopic (exact) mass is 291 g/mol. The summed E-state index contributed by atoms with van der Waals surface area (Å²) in [4.78, 5) is 10.9. The van der Waals surface area contributed by atoms with Crippen LogP contribution < -0.4 is 0 Å². The van der Waals surface area contributed by atoms with Crippen LogP contribution in [0.2, 0.25) is 0 Å².